The second kappa shape index (κ2) is 10.0. The van der Waals surface area contributed by atoms with Crippen LogP contribution in [0, 0.1) is 0 Å². The van der Waals surface area contributed by atoms with E-state index in [0.717, 1.165) is 32.1 Å². The second-order valence-corrected chi connectivity index (χ2v) is 9.21. The lowest BCUT2D eigenvalue weighted by Crippen LogP contribution is -2.41. The molecule has 1 fully saturated rings. The average Bonchev–Trinajstić information content (AvgIpc) is 2.66. The molecule has 1 N–H and O–H groups in total. The lowest BCUT2D eigenvalue weighted by molar-refractivity contribution is -0.124. The predicted octanol–water partition coefficient (Wildman–Crippen LogP) is 2.71. The summed E-state index contributed by atoms with van der Waals surface area (Å²) in [7, 11) is -3.67. The molecule has 156 valence electrons. The molecule has 8 heteroatoms. The van der Waals surface area contributed by atoms with Gasteiger partial charge < -0.3 is 10.1 Å². The Morgan fingerprint density at radius 1 is 1.32 bits per heavy atom. The van der Waals surface area contributed by atoms with Crippen LogP contribution in [0.5, 0.6) is 0 Å². The van der Waals surface area contributed by atoms with Crippen LogP contribution in [-0.2, 0) is 19.6 Å². The molecule has 2 rings (SSSR count). The SMILES string of the molecule is CCC[C@@H](C)NC(=O)COC(=O)c1cccc(S(=O)(=O)N2CCCC[C@@H]2C)c1. The van der Waals surface area contributed by atoms with Crippen molar-refractivity contribution in [3.8, 4) is 0 Å². The van der Waals surface area contributed by atoms with Crippen molar-refractivity contribution in [2.24, 2.45) is 0 Å². The van der Waals surface area contributed by atoms with Gasteiger partial charge in [-0.05, 0) is 51.3 Å². The van der Waals surface area contributed by atoms with Gasteiger partial charge in [0, 0.05) is 18.6 Å². The van der Waals surface area contributed by atoms with Crippen LogP contribution in [0.25, 0.3) is 0 Å². The molecule has 1 saturated heterocycles. The molecule has 1 aromatic carbocycles. The normalized spacial score (nSPS) is 19.0. The van der Waals surface area contributed by atoms with E-state index in [-0.39, 0.29) is 28.4 Å². The number of esters is 1. The molecule has 0 bridgehead atoms. The first kappa shape index (κ1) is 22.4. The van der Waals surface area contributed by atoms with E-state index >= 15 is 0 Å². The summed E-state index contributed by atoms with van der Waals surface area (Å²) in [6, 6.07) is 5.74. The van der Waals surface area contributed by atoms with Crippen LogP contribution < -0.4 is 5.32 Å². The summed E-state index contributed by atoms with van der Waals surface area (Å²) in [6.07, 6.45) is 4.45. The van der Waals surface area contributed by atoms with Crippen molar-refractivity contribution < 1.29 is 22.7 Å². The van der Waals surface area contributed by atoms with Gasteiger partial charge in [0.2, 0.25) is 10.0 Å². The van der Waals surface area contributed by atoms with Crippen molar-refractivity contribution in [1.29, 1.82) is 0 Å². The van der Waals surface area contributed by atoms with Crippen molar-refractivity contribution in [1.82, 2.24) is 9.62 Å². The summed E-state index contributed by atoms with van der Waals surface area (Å²) in [6.45, 7) is 5.89. The van der Waals surface area contributed by atoms with Gasteiger partial charge in [-0.1, -0.05) is 25.8 Å². The zero-order chi connectivity index (χ0) is 20.7. The van der Waals surface area contributed by atoms with E-state index < -0.39 is 22.6 Å². The van der Waals surface area contributed by atoms with Gasteiger partial charge >= 0.3 is 5.97 Å². The van der Waals surface area contributed by atoms with Gasteiger partial charge in [-0.2, -0.15) is 4.31 Å². The zero-order valence-electron chi connectivity index (χ0n) is 16.8. The zero-order valence-corrected chi connectivity index (χ0v) is 17.6. The monoisotopic (exact) mass is 410 g/mol. The summed E-state index contributed by atoms with van der Waals surface area (Å²) >= 11 is 0. The van der Waals surface area contributed by atoms with Gasteiger partial charge in [0.25, 0.3) is 5.91 Å². The maximum Gasteiger partial charge on any atom is 0.338 e. The van der Waals surface area contributed by atoms with E-state index in [1.807, 2.05) is 20.8 Å². The maximum absolute atomic E-state index is 12.9. The molecule has 0 saturated carbocycles. The third-order valence-electron chi connectivity index (χ3n) is 4.88. The maximum atomic E-state index is 12.9. The fourth-order valence-electron chi connectivity index (χ4n) is 3.38. The Hall–Kier alpha value is -1.93. The minimum atomic E-state index is -3.67. The Morgan fingerprint density at radius 2 is 2.07 bits per heavy atom. The van der Waals surface area contributed by atoms with Crippen molar-refractivity contribution in [3.05, 3.63) is 29.8 Å². The highest BCUT2D eigenvalue weighted by Gasteiger charge is 2.31. The highest BCUT2D eigenvalue weighted by molar-refractivity contribution is 7.89. The second-order valence-electron chi connectivity index (χ2n) is 7.32. The van der Waals surface area contributed by atoms with Crippen LogP contribution in [0.1, 0.15) is 63.2 Å². The van der Waals surface area contributed by atoms with Gasteiger partial charge in [0.1, 0.15) is 0 Å². The summed E-state index contributed by atoms with van der Waals surface area (Å²) < 4.78 is 32.4. The number of benzene rings is 1. The molecule has 0 aliphatic carbocycles. The number of ether oxygens (including phenoxy) is 1. The number of nitrogens with zero attached hydrogens (tertiary/aromatic N) is 1. The van der Waals surface area contributed by atoms with Crippen molar-refractivity contribution in [3.63, 3.8) is 0 Å². The molecule has 1 aromatic rings. The molecule has 0 aromatic heterocycles. The Morgan fingerprint density at radius 3 is 2.75 bits per heavy atom. The van der Waals surface area contributed by atoms with Crippen LogP contribution in [0.3, 0.4) is 0 Å². The van der Waals surface area contributed by atoms with Crippen LogP contribution in [0.2, 0.25) is 0 Å². The Labute approximate surface area is 167 Å². The average molecular weight is 411 g/mol. The van der Waals surface area contributed by atoms with Gasteiger partial charge in [-0.3, -0.25) is 4.79 Å². The smallest absolute Gasteiger partial charge is 0.338 e. The molecular formula is C20H30N2O5S. The molecule has 0 unspecified atom stereocenters. The van der Waals surface area contributed by atoms with Crippen LogP contribution in [0.4, 0.5) is 0 Å². The van der Waals surface area contributed by atoms with E-state index in [2.05, 4.69) is 5.32 Å². The van der Waals surface area contributed by atoms with Crippen molar-refractivity contribution >= 4 is 21.9 Å². The number of sulfonamides is 1. The van der Waals surface area contributed by atoms with Crippen molar-refractivity contribution in [2.75, 3.05) is 13.2 Å². The summed E-state index contributed by atoms with van der Waals surface area (Å²) in [5.74, 6) is -1.10. The molecule has 1 aliphatic heterocycles. The summed E-state index contributed by atoms with van der Waals surface area (Å²) in [5.41, 5.74) is 0.111. The third kappa shape index (κ3) is 5.78. The Bertz CT molecular complexity index is 794. The first-order valence-electron chi connectivity index (χ1n) is 9.84. The number of carbonyl (C=O) groups is 2. The minimum absolute atomic E-state index is 0.0104. The highest BCUT2D eigenvalue weighted by atomic mass is 32.2. The third-order valence-corrected chi connectivity index (χ3v) is 6.89. The molecule has 1 aliphatic rings. The quantitative estimate of drug-likeness (QED) is 0.665. The fraction of sp³-hybridized carbons (Fsp3) is 0.600. The van der Waals surface area contributed by atoms with E-state index in [9.17, 15) is 18.0 Å². The van der Waals surface area contributed by atoms with E-state index in [1.165, 1.54) is 28.6 Å². The summed E-state index contributed by atoms with van der Waals surface area (Å²) in [4.78, 5) is 24.2. The number of piperidine rings is 1. The first-order chi connectivity index (χ1) is 13.3. The Balaban J connectivity index is 2.04. The van der Waals surface area contributed by atoms with E-state index in [1.54, 1.807) is 0 Å². The van der Waals surface area contributed by atoms with Gasteiger partial charge in [0.15, 0.2) is 6.61 Å². The number of hydrogen-bond acceptors (Lipinski definition) is 5. The minimum Gasteiger partial charge on any atom is -0.452 e. The first-order valence-corrected chi connectivity index (χ1v) is 11.3. The number of nitrogens with one attached hydrogen (secondary N) is 1. The molecule has 28 heavy (non-hydrogen) atoms. The van der Waals surface area contributed by atoms with Crippen LogP contribution in [-0.4, -0.2) is 49.8 Å². The largest absolute Gasteiger partial charge is 0.452 e. The number of amides is 1. The number of rotatable bonds is 8. The lowest BCUT2D eigenvalue weighted by Gasteiger charge is -2.32. The summed E-state index contributed by atoms with van der Waals surface area (Å²) in [5, 5.41) is 2.75. The molecule has 0 spiro atoms. The van der Waals surface area contributed by atoms with Gasteiger partial charge in [-0.25, -0.2) is 13.2 Å². The topological polar surface area (TPSA) is 92.8 Å². The molecule has 2 atom stereocenters. The van der Waals surface area contributed by atoms with Gasteiger partial charge in [0.05, 0.1) is 10.5 Å². The predicted molar refractivity (Wildman–Crippen MR) is 106 cm³/mol. The van der Waals surface area contributed by atoms with Crippen LogP contribution in [0.15, 0.2) is 29.2 Å². The lowest BCUT2D eigenvalue weighted by atomic mass is 10.1. The van der Waals surface area contributed by atoms with Crippen molar-refractivity contribution in [2.45, 2.75) is 69.9 Å². The molecule has 7 nitrogen and oxygen atoms in total. The molecule has 1 amide bonds. The van der Waals surface area contributed by atoms with E-state index in [0.29, 0.717) is 6.54 Å². The molecule has 1 heterocycles. The van der Waals surface area contributed by atoms with Crippen LogP contribution >= 0.6 is 0 Å². The number of hydrogen-bond donors (Lipinski definition) is 1. The fourth-order valence-corrected chi connectivity index (χ4v) is 5.13. The number of carbonyl (C=O) groups excluding carboxylic acids is 2. The molecular weight excluding hydrogens is 380 g/mol. The van der Waals surface area contributed by atoms with E-state index in [4.69, 9.17) is 4.74 Å². The Kier molecular flexibility index (Phi) is 8.00. The highest BCUT2D eigenvalue weighted by Crippen LogP contribution is 2.25. The molecule has 0 radical (unpaired) electrons. The standard InChI is InChI=1S/C20H30N2O5S/c1-4-8-15(2)21-19(23)14-27-20(24)17-10-7-11-18(13-17)28(25,26)22-12-6-5-9-16(22)3/h7,10-11,13,15-16H,4-6,8-9,12,14H2,1-3H3,(H,21,23)/t15-,16+/m1/s1. The van der Waals surface area contributed by atoms with Gasteiger partial charge in [-0.15, -0.1) is 0 Å².